The summed E-state index contributed by atoms with van der Waals surface area (Å²) in [4.78, 5) is 12.3. The minimum absolute atomic E-state index is 0.237. The van der Waals surface area contributed by atoms with Crippen LogP contribution in [-0.2, 0) is 6.42 Å². The second-order valence-corrected chi connectivity index (χ2v) is 4.22. The normalized spacial score (nSPS) is 10.3. The summed E-state index contributed by atoms with van der Waals surface area (Å²) < 4.78 is 18.4. The first-order valence-electron chi connectivity index (χ1n) is 6.13. The average molecular weight is 258 g/mol. The van der Waals surface area contributed by atoms with E-state index in [0.717, 1.165) is 12.0 Å². The molecule has 0 fully saturated rings. The van der Waals surface area contributed by atoms with Crippen molar-refractivity contribution in [2.75, 3.05) is 7.11 Å². The molecule has 2 aromatic rings. The molecule has 98 valence electrons. The lowest BCUT2D eigenvalue weighted by atomic mass is 10.0. The van der Waals surface area contributed by atoms with E-state index in [-0.39, 0.29) is 11.3 Å². The number of rotatable bonds is 4. The Balaban J connectivity index is 2.40. The van der Waals surface area contributed by atoms with Crippen molar-refractivity contribution in [1.82, 2.24) is 0 Å². The molecule has 2 aromatic carbocycles. The molecule has 19 heavy (non-hydrogen) atoms. The Bertz CT molecular complexity index is 588. The Morgan fingerprint density at radius 1 is 1.16 bits per heavy atom. The zero-order valence-electron chi connectivity index (χ0n) is 10.9. The molecule has 0 atom stereocenters. The zero-order valence-corrected chi connectivity index (χ0v) is 10.9. The molecule has 0 aliphatic carbocycles. The Morgan fingerprint density at radius 2 is 1.84 bits per heavy atom. The lowest BCUT2D eigenvalue weighted by Gasteiger charge is -2.08. The molecule has 0 aliphatic rings. The van der Waals surface area contributed by atoms with Gasteiger partial charge in [0.05, 0.1) is 12.7 Å². The molecular weight excluding hydrogens is 243 g/mol. The second kappa shape index (κ2) is 5.65. The molecule has 3 heteroatoms. The van der Waals surface area contributed by atoms with Gasteiger partial charge in [-0.15, -0.1) is 0 Å². The average Bonchev–Trinajstić information content (AvgIpc) is 2.46. The van der Waals surface area contributed by atoms with Gasteiger partial charge in [0.1, 0.15) is 11.6 Å². The van der Waals surface area contributed by atoms with Crippen LogP contribution < -0.4 is 4.74 Å². The highest BCUT2D eigenvalue weighted by Gasteiger charge is 2.15. The van der Waals surface area contributed by atoms with Gasteiger partial charge in [-0.05, 0) is 30.2 Å². The third-order valence-corrected chi connectivity index (χ3v) is 3.03. The van der Waals surface area contributed by atoms with Crippen LogP contribution in [0.3, 0.4) is 0 Å². The van der Waals surface area contributed by atoms with Crippen LogP contribution in [-0.4, -0.2) is 12.9 Å². The number of carbonyl (C=O) groups is 1. The van der Waals surface area contributed by atoms with Crippen LogP contribution in [0.15, 0.2) is 42.5 Å². The molecule has 2 nitrogen and oxygen atoms in total. The molecule has 0 bridgehead atoms. The lowest BCUT2D eigenvalue weighted by Crippen LogP contribution is -2.04. The summed E-state index contributed by atoms with van der Waals surface area (Å²) in [6.45, 7) is 2.05. The van der Waals surface area contributed by atoms with Gasteiger partial charge in [-0.25, -0.2) is 4.39 Å². The van der Waals surface area contributed by atoms with E-state index in [2.05, 4.69) is 0 Å². The quantitative estimate of drug-likeness (QED) is 0.783. The van der Waals surface area contributed by atoms with Gasteiger partial charge in [0, 0.05) is 5.56 Å². The fourth-order valence-corrected chi connectivity index (χ4v) is 1.90. The van der Waals surface area contributed by atoms with Gasteiger partial charge >= 0.3 is 0 Å². The molecule has 0 spiro atoms. The highest BCUT2D eigenvalue weighted by molar-refractivity contribution is 6.10. The third kappa shape index (κ3) is 2.81. The summed E-state index contributed by atoms with van der Waals surface area (Å²) in [6, 6.07) is 11.3. The van der Waals surface area contributed by atoms with Crippen molar-refractivity contribution in [1.29, 1.82) is 0 Å². The topological polar surface area (TPSA) is 26.3 Å². The van der Waals surface area contributed by atoms with Crippen molar-refractivity contribution in [2.45, 2.75) is 13.3 Å². The maximum absolute atomic E-state index is 13.3. The number of ketones is 1. The summed E-state index contributed by atoms with van der Waals surface area (Å²) in [5.74, 6) is -0.306. The van der Waals surface area contributed by atoms with E-state index in [1.807, 2.05) is 19.1 Å². The van der Waals surface area contributed by atoms with E-state index < -0.39 is 5.82 Å². The molecule has 0 aromatic heterocycles. The summed E-state index contributed by atoms with van der Waals surface area (Å²) in [5, 5.41) is 0. The molecular formula is C16H15FO2. The van der Waals surface area contributed by atoms with Gasteiger partial charge < -0.3 is 4.74 Å². The van der Waals surface area contributed by atoms with Crippen molar-refractivity contribution >= 4 is 5.78 Å². The van der Waals surface area contributed by atoms with Crippen LogP contribution in [0.1, 0.15) is 28.4 Å². The number of carbonyl (C=O) groups excluding carboxylic acids is 1. The largest absolute Gasteiger partial charge is 0.496 e. The number of hydrogen-bond acceptors (Lipinski definition) is 2. The molecule has 0 N–H and O–H groups in total. The molecule has 0 saturated heterocycles. The molecule has 0 heterocycles. The Morgan fingerprint density at radius 3 is 2.42 bits per heavy atom. The second-order valence-electron chi connectivity index (χ2n) is 4.22. The van der Waals surface area contributed by atoms with Crippen molar-refractivity contribution in [3.05, 3.63) is 65.0 Å². The molecule has 0 unspecified atom stereocenters. The number of ether oxygens (including phenoxy) is 1. The minimum Gasteiger partial charge on any atom is -0.496 e. The SMILES string of the molecule is CCc1ccc(C(=O)c2cc(F)ccc2OC)cc1. The summed E-state index contributed by atoms with van der Waals surface area (Å²) >= 11 is 0. The maximum Gasteiger partial charge on any atom is 0.196 e. The first kappa shape index (κ1) is 13.3. The van der Waals surface area contributed by atoms with Crippen molar-refractivity contribution < 1.29 is 13.9 Å². The van der Waals surface area contributed by atoms with Crippen molar-refractivity contribution in [2.24, 2.45) is 0 Å². The number of methoxy groups -OCH3 is 1. The third-order valence-electron chi connectivity index (χ3n) is 3.03. The summed E-state index contributed by atoms with van der Waals surface area (Å²) in [5.41, 5.74) is 1.93. The van der Waals surface area contributed by atoms with Crippen LogP contribution in [0, 0.1) is 5.82 Å². The van der Waals surface area contributed by atoms with E-state index >= 15 is 0 Å². The maximum atomic E-state index is 13.3. The van der Waals surface area contributed by atoms with Crippen LogP contribution in [0.4, 0.5) is 4.39 Å². The molecule has 0 aliphatic heterocycles. The summed E-state index contributed by atoms with van der Waals surface area (Å²) in [6.07, 6.45) is 0.914. The summed E-state index contributed by atoms with van der Waals surface area (Å²) in [7, 11) is 1.46. The van der Waals surface area contributed by atoms with E-state index in [0.29, 0.717) is 11.3 Å². The van der Waals surface area contributed by atoms with Crippen LogP contribution in [0.2, 0.25) is 0 Å². The van der Waals surface area contributed by atoms with Crippen LogP contribution in [0.25, 0.3) is 0 Å². The van der Waals surface area contributed by atoms with Gasteiger partial charge in [0.25, 0.3) is 0 Å². The smallest absolute Gasteiger partial charge is 0.196 e. The Hall–Kier alpha value is -2.16. The monoisotopic (exact) mass is 258 g/mol. The van der Waals surface area contributed by atoms with Crippen molar-refractivity contribution in [3.8, 4) is 5.75 Å². The fourth-order valence-electron chi connectivity index (χ4n) is 1.90. The Labute approximate surface area is 111 Å². The zero-order chi connectivity index (χ0) is 13.8. The number of hydrogen-bond donors (Lipinski definition) is 0. The van der Waals surface area contributed by atoms with Crippen LogP contribution in [0.5, 0.6) is 5.75 Å². The van der Waals surface area contributed by atoms with E-state index in [4.69, 9.17) is 4.74 Å². The number of aryl methyl sites for hydroxylation is 1. The first-order valence-corrected chi connectivity index (χ1v) is 6.13. The number of halogens is 1. The lowest BCUT2D eigenvalue weighted by molar-refractivity contribution is 0.103. The Kier molecular flexibility index (Phi) is 3.95. The highest BCUT2D eigenvalue weighted by atomic mass is 19.1. The van der Waals surface area contributed by atoms with Gasteiger partial charge in [-0.1, -0.05) is 31.2 Å². The van der Waals surface area contributed by atoms with E-state index in [9.17, 15) is 9.18 Å². The van der Waals surface area contributed by atoms with E-state index in [1.165, 1.54) is 25.3 Å². The van der Waals surface area contributed by atoms with E-state index in [1.54, 1.807) is 12.1 Å². The minimum atomic E-state index is -0.450. The molecule has 0 amide bonds. The fraction of sp³-hybridized carbons (Fsp3) is 0.188. The van der Waals surface area contributed by atoms with Crippen molar-refractivity contribution in [3.63, 3.8) is 0 Å². The first-order chi connectivity index (χ1) is 9.15. The molecule has 2 rings (SSSR count). The highest BCUT2D eigenvalue weighted by Crippen LogP contribution is 2.22. The molecule has 0 radical (unpaired) electrons. The predicted octanol–water partition coefficient (Wildman–Crippen LogP) is 3.63. The molecule has 0 saturated carbocycles. The van der Waals surface area contributed by atoms with Gasteiger partial charge in [0.2, 0.25) is 0 Å². The van der Waals surface area contributed by atoms with Gasteiger partial charge in [0.15, 0.2) is 5.78 Å². The predicted molar refractivity (Wildman–Crippen MR) is 72.2 cm³/mol. The number of benzene rings is 2. The standard InChI is InChI=1S/C16H15FO2/c1-3-11-4-6-12(7-5-11)16(18)14-10-13(17)8-9-15(14)19-2/h4-10H,3H2,1-2H3. The van der Waals surface area contributed by atoms with Gasteiger partial charge in [-0.3, -0.25) is 4.79 Å². The van der Waals surface area contributed by atoms with Gasteiger partial charge in [-0.2, -0.15) is 0 Å². The van der Waals surface area contributed by atoms with Crippen LogP contribution >= 0.6 is 0 Å².